The number of hydrogen-bond donors (Lipinski definition) is 1. The summed E-state index contributed by atoms with van der Waals surface area (Å²) in [4.78, 5) is 0.215. The lowest BCUT2D eigenvalue weighted by Crippen LogP contribution is -2.23. The molecule has 0 spiro atoms. The summed E-state index contributed by atoms with van der Waals surface area (Å²) < 4.78 is 36.6. The van der Waals surface area contributed by atoms with Crippen molar-refractivity contribution in [1.29, 1.82) is 0 Å². The number of halogens is 1. The Hall–Kier alpha value is -0.940. The van der Waals surface area contributed by atoms with Gasteiger partial charge in [-0.2, -0.15) is 0 Å². The third kappa shape index (κ3) is 3.28. The third-order valence-corrected chi connectivity index (χ3v) is 4.14. The number of benzene rings is 1. The van der Waals surface area contributed by atoms with Gasteiger partial charge in [-0.1, -0.05) is 6.92 Å². The van der Waals surface area contributed by atoms with Crippen LogP contribution in [0.15, 0.2) is 23.1 Å². The molecule has 0 saturated carbocycles. The predicted octanol–water partition coefficient (Wildman–Crippen LogP) is 1.52. The highest BCUT2D eigenvalue weighted by Gasteiger charge is 2.16. The Morgan fingerprint density at radius 2 is 2.06 bits per heavy atom. The normalized spacial score (nSPS) is 11.7. The van der Waals surface area contributed by atoms with Crippen LogP contribution in [0, 0.1) is 12.7 Å². The van der Waals surface area contributed by atoms with Gasteiger partial charge in [0.2, 0.25) is 0 Å². The molecule has 0 heterocycles. The first-order valence-electron chi connectivity index (χ1n) is 5.17. The first-order valence-corrected chi connectivity index (χ1v) is 6.82. The van der Waals surface area contributed by atoms with E-state index in [1.54, 1.807) is 6.92 Å². The number of aryl methyl sites for hydroxylation is 1. The molecule has 5 heteroatoms. The summed E-state index contributed by atoms with van der Waals surface area (Å²) in [5.74, 6) is -0.379. The van der Waals surface area contributed by atoms with Crippen molar-refractivity contribution < 1.29 is 12.8 Å². The van der Waals surface area contributed by atoms with E-state index >= 15 is 0 Å². The maximum atomic E-state index is 12.8. The largest absolute Gasteiger partial charge is 0.316 e. The van der Waals surface area contributed by atoms with Gasteiger partial charge in [-0.3, -0.25) is 0 Å². The van der Waals surface area contributed by atoms with E-state index in [1.807, 2.05) is 6.92 Å². The van der Waals surface area contributed by atoms with Gasteiger partial charge in [0.05, 0.1) is 10.6 Å². The molecule has 0 unspecified atom stereocenters. The van der Waals surface area contributed by atoms with Crippen LogP contribution in [0.5, 0.6) is 0 Å². The van der Waals surface area contributed by atoms with Crippen LogP contribution in [0.3, 0.4) is 0 Å². The molecule has 0 amide bonds. The van der Waals surface area contributed by atoms with Crippen molar-refractivity contribution in [2.24, 2.45) is 0 Å². The molecular formula is C11H16FNO2S. The highest BCUT2D eigenvalue weighted by molar-refractivity contribution is 7.91. The lowest BCUT2D eigenvalue weighted by molar-refractivity contribution is 0.590. The fraction of sp³-hybridized carbons (Fsp3) is 0.455. The molecule has 16 heavy (non-hydrogen) atoms. The molecule has 0 atom stereocenters. The first-order chi connectivity index (χ1) is 7.47. The predicted molar refractivity (Wildman–Crippen MR) is 61.7 cm³/mol. The van der Waals surface area contributed by atoms with Crippen LogP contribution in [0.4, 0.5) is 4.39 Å². The fourth-order valence-electron chi connectivity index (χ4n) is 1.46. The zero-order chi connectivity index (χ0) is 12.2. The summed E-state index contributed by atoms with van der Waals surface area (Å²) in [7, 11) is -3.31. The molecule has 0 fully saturated rings. The van der Waals surface area contributed by atoms with E-state index in [1.165, 1.54) is 18.2 Å². The highest BCUT2D eigenvalue weighted by atomic mass is 32.2. The number of rotatable bonds is 5. The summed E-state index contributed by atoms with van der Waals surface area (Å²) in [6.45, 7) is 4.66. The van der Waals surface area contributed by atoms with Gasteiger partial charge in [0.15, 0.2) is 9.84 Å². The zero-order valence-corrected chi connectivity index (χ0v) is 10.3. The summed E-state index contributed by atoms with van der Waals surface area (Å²) in [5.41, 5.74) is 0.455. The van der Waals surface area contributed by atoms with Gasteiger partial charge in [0, 0.05) is 6.54 Å². The van der Waals surface area contributed by atoms with E-state index in [4.69, 9.17) is 0 Å². The first kappa shape index (κ1) is 13.1. The van der Waals surface area contributed by atoms with Crippen LogP contribution < -0.4 is 5.32 Å². The van der Waals surface area contributed by atoms with Gasteiger partial charge in [0.1, 0.15) is 5.82 Å². The maximum absolute atomic E-state index is 12.8. The summed E-state index contributed by atoms with van der Waals surface area (Å²) in [6.07, 6.45) is 0. The highest BCUT2D eigenvalue weighted by Crippen LogP contribution is 2.17. The van der Waals surface area contributed by atoms with Crippen LogP contribution in [-0.2, 0) is 9.84 Å². The van der Waals surface area contributed by atoms with Gasteiger partial charge >= 0.3 is 0 Å². The van der Waals surface area contributed by atoms with Crippen LogP contribution in [-0.4, -0.2) is 27.3 Å². The van der Waals surface area contributed by atoms with Crippen molar-refractivity contribution in [3.05, 3.63) is 29.6 Å². The molecule has 0 radical (unpaired) electrons. The molecule has 90 valence electrons. The molecule has 1 N–H and O–H groups in total. The zero-order valence-electron chi connectivity index (χ0n) is 9.46. The Morgan fingerprint density at radius 1 is 1.38 bits per heavy atom. The molecule has 0 aliphatic heterocycles. The monoisotopic (exact) mass is 245 g/mol. The molecule has 3 nitrogen and oxygen atoms in total. The maximum Gasteiger partial charge on any atom is 0.179 e. The van der Waals surface area contributed by atoms with Gasteiger partial charge in [-0.15, -0.1) is 0 Å². The average molecular weight is 245 g/mol. The second kappa shape index (κ2) is 5.41. The molecule has 0 aromatic heterocycles. The molecule has 1 aromatic rings. The van der Waals surface area contributed by atoms with Crippen LogP contribution in [0.1, 0.15) is 12.5 Å². The minimum Gasteiger partial charge on any atom is -0.316 e. The Balaban J connectivity index is 2.90. The second-order valence-electron chi connectivity index (χ2n) is 3.58. The van der Waals surface area contributed by atoms with Crippen LogP contribution >= 0.6 is 0 Å². The SMILES string of the molecule is CCNCCS(=O)(=O)c1ccc(F)cc1C. The van der Waals surface area contributed by atoms with Crippen LogP contribution in [0.2, 0.25) is 0 Å². The Bertz CT molecular complexity index is 457. The topological polar surface area (TPSA) is 46.2 Å². The van der Waals surface area contributed by atoms with Gasteiger partial charge in [-0.05, 0) is 37.2 Å². The van der Waals surface area contributed by atoms with E-state index in [9.17, 15) is 12.8 Å². The molecule has 0 aliphatic carbocycles. The van der Waals surface area contributed by atoms with E-state index < -0.39 is 15.7 Å². The van der Waals surface area contributed by atoms with E-state index in [-0.39, 0.29) is 10.6 Å². The van der Waals surface area contributed by atoms with Crippen molar-refractivity contribution in [2.75, 3.05) is 18.8 Å². The standard InChI is InChI=1S/C11H16FNO2S/c1-3-13-6-7-16(14,15)11-5-4-10(12)8-9(11)2/h4-5,8,13H,3,6-7H2,1-2H3. The molecule has 0 saturated heterocycles. The average Bonchev–Trinajstić information content (AvgIpc) is 2.17. The fourth-order valence-corrected chi connectivity index (χ4v) is 2.91. The van der Waals surface area contributed by atoms with Crippen molar-refractivity contribution in [3.8, 4) is 0 Å². The molecule has 1 rings (SSSR count). The lowest BCUT2D eigenvalue weighted by Gasteiger charge is -2.07. The minimum atomic E-state index is -3.31. The number of sulfone groups is 1. The Kier molecular flexibility index (Phi) is 4.44. The summed E-state index contributed by atoms with van der Waals surface area (Å²) >= 11 is 0. The van der Waals surface area contributed by atoms with Gasteiger partial charge in [0.25, 0.3) is 0 Å². The Labute approximate surface area is 95.6 Å². The quantitative estimate of drug-likeness (QED) is 0.632. The second-order valence-corrected chi connectivity index (χ2v) is 5.66. The molecule has 1 aromatic carbocycles. The van der Waals surface area contributed by atoms with E-state index in [0.717, 1.165) is 6.54 Å². The van der Waals surface area contributed by atoms with Gasteiger partial charge < -0.3 is 5.32 Å². The smallest absolute Gasteiger partial charge is 0.179 e. The van der Waals surface area contributed by atoms with E-state index in [2.05, 4.69) is 5.32 Å². The van der Waals surface area contributed by atoms with Crippen LogP contribution in [0.25, 0.3) is 0 Å². The lowest BCUT2D eigenvalue weighted by atomic mass is 10.2. The Morgan fingerprint density at radius 3 is 2.62 bits per heavy atom. The minimum absolute atomic E-state index is 0.0350. The van der Waals surface area contributed by atoms with Crippen molar-refractivity contribution in [1.82, 2.24) is 5.32 Å². The third-order valence-electron chi connectivity index (χ3n) is 2.27. The van der Waals surface area contributed by atoms with E-state index in [0.29, 0.717) is 12.1 Å². The molecular weight excluding hydrogens is 229 g/mol. The number of nitrogens with one attached hydrogen (secondary N) is 1. The van der Waals surface area contributed by atoms with Crippen molar-refractivity contribution in [3.63, 3.8) is 0 Å². The molecule has 0 bridgehead atoms. The summed E-state index contributed by atoms with van der Waals surface area (Å²) in [6, 6.07) is 3.74. The summed E-state index contributed by atoms with van der Waals surface area (Å²) in [5, 5.41) is 2.95. The van der Waals surface area contributed by atoms with Crippen molar-refractivity contribution in [2.45, 2.75) is 18.7 Å². The van der Waals surface area contributed by atoms with Crippen molar-refractivity contribution >= 4 is 9.84 Å². The number of hydrogen-bond acceptors (Lipinski definition) is 3. The molecule has 0 aliphatic rings. The van der Waals surface area contributed by atoms with Gasteiger partial charge in [-0.25, -0.2) is 12.8 Å².